The Morgan fingerprint density at radius 3 is 2.60 bits per heavy atom. The molecule has 2 aromatic carbocycles. The predicted octanol–water partition coefficient (Wildman–Crippen LogP) is 5.04. The Kier molecular flexibility index (Phi) is 4.66. The van der Waals surface area contributed by atoms with Crippen molar-refractivity contribution in [3.63, 3.8) is 0 Å². The number of likely N-dealkylation sites (tertiary alicyclic amines) is 1. The number of carbonyl (C=O) groups excluding carboxylic acids is 1. The largest absolute Gasteiger partial charge is 0.451 e. The lowest BCUT2D eigenvalue weighted by molar-refractivity contribution is 0.0681. The van der Waals surface area contributed by atoms with Crippen LogP contribution in [-0.2, 0) is 0 Å². The summed E-state index contributed by atoms with van der Waals surface area (Å²) in [5.74, 6) is 0.268. The summed E-state index contributed by atoms with van der Waals surface area (Å²) in [4.78, 5) is 32.1. The molecular weight excluding hydrogens is 396 g/mol. The molecule has 0 bridgehead atoms. The van der Waals surface area contributed by atoms with Crippen molar-refractivity contribution in [3.8, 4) is 0 Å². The quantitative estimate of drug-likeness (QED) is 0.458. The first kappa shape index (κ1) is 19.0. The normalized spacial score (nSPS) is 15.2. The number of amides is 1. The fraction of sp³-hybridized carbons (Fsp3) is 0.292. The lowest BCUT2D eigenvalue weighted by atomic mass is 9.97. The highest BCUT2D eigenvalue weighted by Crippen LogP contribution is 2.34. The molecule has 1 aliphatic heterocycles. The van der Waals surface area contributed by atoms with Crippen LogP contribution in [0.3, 0.4) is 0 Å². The van der Waals surface area contributed by atoms with Gasteiger partial charge >= 0.3 is 0 Å². The van der Waals surface area contributed by atoms with Gasteiger partial charge in [0, 0.05) is 25.1 Å². The zero-order valence-electron chi connectivity index (χ0n) is 17.0. The number of rotatable bonds is 2. The van der Waals surface area contributed by atoms with Gasteiger partial charge in [-0.15, -0.1) is 11.3 Å². The van der Waals surface area contributed by atoms with Crippen molar-refractivity contribution < 1.29 is 9.21 Å². The van der Waals surface area contributed by atoms with E-state index in [1.165, 1.54) is 10.8 Å². The van der Waals surface area contributed by atoms with Crippen LogP contribution in [0.2, 0.25) is 0 Å². The highest BCUT2D eigenvalue weighted by molar-refractivity contribution is 7.18. The van der Waals surface area contributed by atoms with E-state index in [9.17, 15) is 9.59 Å². The minimum Gasteiger partial charge on any atom is -0.451 e. The molecule has 0 saturated carbocycles. The van der Waals surface area contributed by atoms with E-state index >= 15 is 0 Å². The summed E-state index contributed by atoms with van der Waals surface area (Å²) < 4.78 is 7.05. The predicted molar refractivity (Wildman–Crippen MR) is 119 cm³/mol. The van der Waals surface area contributed by atoms with Gasteiger partial charge in [0.15, 0.2) is 11.2 Å². The fourth-order valence-electron chi connectivity index (χ4n) is 4.07. The van der Waals surface area contributed by atoms with Crippen molar-refractivity contribution in [2.45, 2.75) is 32.6 Å². The van der Waals surface area contributed by atoms with Gasteiger partial charge in [0.1, 0.15) is 5.58 Å². The van der Waals surface area contributed by atoms with Gasteiger partial charge in [-0.2, -0.15) is 0 Å². The van der Waals surface area contributed by atoms with Crippen LogP contribution in [0.1, 0.15) is 45.4 Å². The van der Waals surface area contributed by atoms with Crippen molar-refractivity contribution in [3.05, 3.63) is 74.6 Å². The Morgan fingerprint density at radius 1 is 1.10 bits per heavy atom. The maximum Gasteiger partial charge on any atom is 0.289 e. The standard InChI is InChI=1S/C24H22N2O3S/c1-14-11-17-19(27)13-21(29-20(17)12-15(14)2)24(28)26-9-7-16(8-10-26)23-25-18-5-3-4-6-22(18)30-23/h3-6,11-13,16H,7-10H2,1-2H3. The molecule has 0 radical (unpaired) electrons. The van der Waals surface area contributed by atoms with Gasteiger partial charge in [0.25, 0.3) is 5.91 Å². The second-order valence-corrected chi connectivity index (χ2v) is 9.06. The first-order chi connectivity index (χ1) is 14.5. The van der Waals surface area contributed by atoms with Gasteiger partial charge < -0.3 is 9.32 Å². The average molecular weight is 419 g/mol. The van der Waals surface area contributed by atoms with Crippen LogP contribution >= 0.6 is 11.3 Å². The second-order valence-electron chi connectivity index (χ2n) is 7.99. The molecule has 0 aliphatic carbocycles. The summed E-state index contributed by atoms with van der Waals surface area (Å²) in [6, 6.07) is 13.2. The van der Waals surface area contributed by atoms with Crippen LogP contribution < -0.4 is 5.43 Å². The number of nitrogens with zero attached hydrogens (tertiary/aromatic N) is 2. The smallest absolute Gasteiger partial charge is 0.289 e. The van der Waals surface area contributed by atoms with Crippen LogP contribution in [0.15, 0.2) is 51.7 Å². The Bertz CT molecular complexity index is 1300. The number of thiazole rings is 1. The molecule has 1 amide bonds. The number of hydrogen-bond acceptors (Lipinski definition) is 5. The van der Waals surface area contributed by atoms with Crippen LogP contribution in [0.25, 0.3) is 21.2 Å². The molecule has 3 heterocycles. The third-order valence-electron chi connectivity index (χ3n) is 6.00. The van der Waals surface area contributed by atoms with E-state index in [4.69, 9.17) is 9.40 Å². The summed E-state index contributed by atoms with van der Waals surface area (Å²) in [6.45, 7) is 5.20. The van der Waals surface area contributed by atoms with E-state index in [-0.39, 0.29) is 17.1 Å². The Morgan fingerprint density at radius 2 is 1.83 bits per heavy atom. The van der Waals surface area contributed by atoms with Crippen LogP contribution in [0.4, 0.5) is 0 Å². The fourth-order valence-corrected chi connectivity index (χ4v) is 5.20. The van der Waals surface area contributed by atoms with E-state index < -0.39 is 0 Å². The molecule has 152 valence electrons. The maximum atomic E-state index is 13.0. The van der Waals surface area contributed by atoms with E-state index in [1.54, 1.807) is 16.2 Å². The Balaban J connectivity index is 1.35. The molecule has 30 heavy (non-hydrogen) atoms. The van der Waals surface area contributed by atoms with E-state index in [0.717, 1.165) is 34.5 Å². The number of carbonyl (C=O) groups is 1. The minimum atomic E-state index is -0.213. The molecule has 0 unspecified atom stereocenters. The second kappa shape index (κ2) is 7.36. The Hall–Kier alpha value is -2.99. The molecular formula is C24H22N2O3S. The van der Waals surface area contributed by atoms with Crippen molar-refractivity contribution >= 4 is 38.4 Å². The van der Waals surface area contributed by atoms with Gasteiger partial charge in [0.05, 0.1) is 20.6 Å². The van der Waals surface area contributed by atoms with Gasteiger partial charge in [-0.05, 0) is 62.1 Å². The summed E-state index contributed by atoms with van der Waals surface area (Å²) in [5, 5.41) is 1.66. The third kappa shape index (κ3) is 3.31. The van der Waals surface area contributed by atoms with Gasteiger partial charge in [-0.1, -0.05) is 12.1 Å². The monoisotopic (exact) mass is 418 g/mol. The molecule has 2 aromatic heterocycles. The summed E-state index contributed by atoms with van der Waals surface area (Å²) in [7, 11) is 0. The zero-order valence-corrected chi connectivity index (χ0v) is 17.8. The summed E-state index contributed by atoms with van der Waals surface area (Å²) in [5.41, 5.74) is 3.41. The number of aromatic nitrogens is 1. The van der Waals surface area contributed by atoms with Crippen molar-refractivity contribution in [1.29, 1.82) is 0 Å². The highest BCUT2D eigenvalue weighted by atomic mass is 32.1. The number of para-hydroxylation sites is 1. The molecule has 5 rings (SSSR count). The van der Waals surface area contributed by atoms with Crippen LogP contribution in [0, 0.1) is 13.8 Å². The van der Waals surface area contributed by atoms with Gasteiger partial charge in [-0.25, -0.2) is 4.98 Å². The number of aryl methyl sites for hydroxylation is 2. The van der Waals surface area contributed by atoms with Gasteiger partial charge in [0.2, 0.25) is 0 Å². The van der Waals surface area contributed by atoms with E-state index in [1.807, 2.05) is 44.2 Å². The molecule has 1 fully saturated rings. The van der Waals surface area contributed by atoms with Crippen LogP contribution in [0.5, 0.6) is 0 Å². The molecule has 6 heteroatoms. The SMILES string of the molecule is Cc1cc2oc(C(=O)N3CCC(c4nc5ccccc5s4)CC3)cc(=O)c2cc1C. The first-order valence-corrected chi connectivity index (χ1v) is 11.0. The molecule has 0 spiro atoms. The highest BCUT2D eigenvalue weighted by Gasteiger charge is 2.28. The number of fused-ring (bicyclic) bond motifs is 2. The number of benzene rings is 2. The molecule has 0 atom stereocenters. The summed E-state index contributed by atoms with van der Waals surface area (Å²) >= 11 is 1.74. The van der Waals surface area contributed by atoms with Gasteiger partial charge in [-0.3, -0.25) is 9.59 Å². The number of hydrogen-bond donors (Lipinski definition) is 0. The summed E-state index contributed by atoms with van der Waals surface area (Å²) in [6.07, 6.45) is 1.73. The van der Waals surface area contributed by atoms with Crippen molar-refractivity contribution in [2.24, 2.45) is 0 Å². The first-order valence-electron chi connectivity index (χ1n) is 10.2. The molecule has 0 N–H and O–H groups in total. The average Bonchev–Trinajstić information content (AvgIpc) is 3.19. The van der Waals surface area contributed by atoms with E-state index in [0.29, 0.717) is 30.0 Å². The van der Waals surface area contributed by atoms with Crippen LogP contribution in [-0.4, -0.2) is 28.9 Å². The molecule has 5 nitrogen and oxygen atoms in total. The van der Waals surface area contributed by atoms with E-state index in [2.05, 4.69) is 6.07 Å². The lowest BCUT2D eigenvalue weighted by Gasteiger charge is -2.30. The molecule has 1 saturated heterocycles. The maximum absolute atomic E-state index is 13.0. The number of piperidine rings is 1. The Labute approximate surface area is 178 Å². The lowest BCUT2D eigenvalue weighted by Crippen LogP contribution is -2.38. The zero-order chi connectivity index (χ0) is 20.8. The van der Waals surface area contributed by atoms with Crippen molar-refractivity contribution in [2.75, 3.05) is 13.1 Å². The topological polar surface area (TPSA) is 63.4 Å². The third-order valence-corrected chi connectivity index (χ3v) is 7.19. The minimum absolute atomic E-state index is 0.120. The van der Waals surface area contributed by atoms with Crippen molar-refractivity contribution in [1.82, 2.24) is 9.88 Å². The molecule has 1 aliphatic rings. The molecule has 4 aromatic rings.